The highest BCUT2D eigenvalue weighted by atomic mass is 16.5. The first-order valence-corrected chi connectivity index (χ1v) is 6.38. The van der Waals surface area contributed by atoms with Crippen molar-refractivity contribution in [2.45, 2.75) is 26.3 Å². The van der Waals surface area contributed by atoms with Crippen molar-refractivity contribution in [3.63, 3.8) is 0 Å². The molecule has 0 bridgehead atoms. The molecule has 0 saturated heterocycles. The van der Waals surface area contributed by atoms with E-state index < -0.39 is 6.04 Å². The molecular formula is C14H20N2O2. The molecule has 4 nitrogen and oxygen atoms in total. The molecule has 4 heteroatoms. The van der Waals surface area contributed by atoms with Crippen molar-refractivity contribution in [1.29, 1.82) is 0 Å². The smallest absolute Gasteiger partial charge is 0.244 e. The first-order valence-electron chi connectivity index (χ1n) is 6.38. The fourth-order valence-corrected chi connectivity index (χ4v) is 2.21. The minimum absolute atomic E-state index is 0.0144. The summed E-state index contributed by atoms with van der Waals surface area (Å²) in [5, 5.41) is 0. The van der Waals surface area contributed by atoms with E-state index in [4.69, 9.17) is 10.5 Å². The zero-order chi connectivity index (χ0) is 13.1. The van der Waals surface area contributed by atoms with Crippen molar-refractivity contribution in [2.24, 2.45) is 11.7 Å². The predicted molar refractivity (Wildman–Crippen MR) is 71.7 cm³/mol. The molecule has 1 amide bonds. The topological polar surface area (TPSA) is 55.6 Å². The summed E-state index contributed by atoms with van der Waals surface area (Å²) in [5.74, 6) is 1.16. The highest BCUT2D eigenvalue weighted by Crippen LogP contribution is 2.31. The van der Waals surface area contributed by atoms with Crippen molar-refractivity contribution >= 4 is 11.6 Å². The second-order valence-electron chi connectivity index (χ2n) is 5.04. The summed E-state index contributed by atoms with van der Waals surface area (Å²) in [5.41, 5.74) is 6.80. The Bertz CT molecular complexity index is 432. The van der Waals surface area contributed by atoms with Gasteiger partial charge < -0.3 is 15.4 Å². The molecule has 2 N–H and O–H groups in total. The summed E-state index contributed by atoms with van der Waals surface area (Å²) in [6.45, 7) is 5.24. The van der Waals surface area contributed by atoms with Crippen LogP contribution >= 0.6 is 0 Å². The number of benzene rings is 1. The van der Waals surface area contributed by atoms with Crippen LogP contribution in [0.4, 0.5) is 5.69 Å². The summed E-state index contributed by atoms with van der Waals surface area (Å²) in [6.07, 6.45) is 0.707. The van der Waals surface area contributed by atoms with E-state index >= 15 is 0 Å². The number of nitrogens with two attached hydrogens (primary N) is 1. The number of carbonyl (C=O) groups is 1. The number of hydrogen-bond donors (Lipinski definition) is 1. The highest BCUT2D eigenvalue weighted by molar-refractivity contribution is 5.98. The first-order chi connectivity index (χ1) is 8.59. The van der Waals surface area contributed by atoms with Gasteiger partial charge in [-0.1, -0.05) is 26.0 Å². The SMILES string of the molecule is CC(C)CC(N)C(=O)N1CCOc2ccccc21. The standard InChI is InChI=1S/C14H20N2O2/c1-10(2)9-11(15)14(17)16-7-8-18-13-6-4-3-5-12(13)16/h3-6,10-11H,7-9,15H2,1-2H3. The number of anilines is 1. The van der Waals surface area contributed by atoms with Gasteiger partial charge >= 0.3 is 0 Å². The maximum atomic E-state index is 12.3. The normalized spacial score (nSPS) is 16.1. The third-order valence-electron chi connectivity index (χ3n) is 3.04. The van der Waals surface area contributed by atoms with Gasteiger partial charge in [0.2, 0.25) is 5.91 Å². The lowest BCUT2D eigenvalue weighted by atomic mass is 10.0. The van der Waals surface area contributed by atoms with Gasteiger partial charge in [-0.2, -0.15) is 0 Å². The van der Waals surface area contributed by atoms with Gasteiger partial charge in [-0.3, -0.25) is 4.79 Å². The molecule has 0 aliphatic carbocycles. The lowest BCUT2D eigenvalue weighted by Crippen LogP contribution is -2.47. The summed E-state index contributed by atoms with van der Waals surface area (Å²) in [4.78, 5) is 14.1. The summed E-state index contributed by atoms with van der Waals surface area (Å²) >= 11 is 0. The van der Waals surface area contributed by atoms with E-state index in [1.165, 1.54) is 0 Å². The van der Waals surface area contributed by atoms with Crippen molar-refractivity contribution < 1.29 is 9.53 Å². The average Bonchev–Trinajstić information content (AvgIpc) is 2.36. The fourth-order valence-electron chi connectivity index (χ4n) is 2.21. The van der Waals surface area contributed by atoms with Crippen LogP contribution in [0.3, 0.4) is 0 Å². The second-order valence-corrected chi connectivity index (χ2v) is 5.04. The van der Waals surface area contributed by atoms with Gasteiger partial charge in [-0.05, 0) is 24.5 Å². The van der Waals surface area contributed by atoms with Crippen LogP contribution < -0.4 is 15.4 Å². The van der Waals surface area contributed by atoms with Gasteiger partial charge in [0.25, 0.3) is 0 Å². The van der Waals surface area contributed by atoms with Crippen LogP contribution in [-0.2, 0) is 4.79 Å². The number of carbonyl (C=O) groups excluding carboxylic acids is 1. The van der Waals surface area contributed by atoms with Gasteiger partial charge in [0.15, 0.2) is 0 Å². The third-order valence-corrected chi connectivity index (χ3v) is 3.04. The molecule has 98 valence electrons. The number of fused-ring (bicyclic) bond motifs is 1. The van der Waals surface area contributed by atoms with Gasteiger partial charge in [0.05, 0.1) is 18.3 Å². The Morgan fingerprint density at radius 1 is 1.44 bits per heavy atom. The molecule has 1 atom stereocenters. The van der Waals surface area contributed by atoms with Crippen molar-refractivity contribution in [1.82, 2.24) is 0 Å². The van der Waals surface area contributed by atoms with Gasteiger partial charge in [0, 0.05) is 0 Å². The lowest BCUT2D eigenvalue weighted by molar-refractivity contribution is -0.120. The number of hydrogen-bond acceptors (Lipinski definition) is 3. The Morgan fingerprint density at radius 2 is 2.17 bits per heavy atom. The number of ether oxygens (including phenoxy) is 1. The van der Waals surface area contributed by atoms with Gasteiger partial charge in [-0.15, -0.1) is 0 Å². The fraction of sp³-hybridized carbons (Fsp3) is 0.500. The van der Waals surface area contributed by atoms with Crippen molar-refractivity contribution in [2.75, 3.05) is 18.1 Å². The average molecular weight is 248 g/mol. The molecule has 1 unspecified atom stereocenters. The summed E-state index contributed by atoms with van der Waals surface area (Å²) < 4.78 is 5.53. The Labute approximate surface area is 108 Å². The molecule has 2 rings (SSSR count). The van der Waals surface area contributed by atoms with Crippen molar-refractivity contribution in [3.05, 3.63) is 24.3 Å². The van der Waals surface area contributed by atoms with E-state index in [0.717, 1.165) is 11.4 Å². The second kappa shape index (κ2) is 5.40. The van der Waals surface area contributed by atoms with Crippen LogP contribution in [-0.4, -0.2) is 25.1 Å². The number of amides is 1. The van der Waals surface area contributed by atoms with E-state index in [0.29, 0.717) is 25.5 Å². The molecule has 1 aromatic rings. The first kappa shape index (κ1) is 12.9. The predicted octanol–water partition coefficient (Wildman–Crippen LogP) is 1.79. The van der Waals surface area contributed by atoms with Crippen LogP contribution in [0.1, 0.15) is 20.3 Å². The third kappa shape index (κ3) is 2.64. The number of nitrogens with zero attached hydrogens (tertiary/aromatic N) is 1. The molecule has 0 fully saturated rings. The van der Waals surface area contributed by atoms with Crippen LogP contribution in [0.15, 0.2) is 24.3 Å². The summed E-state index contributed by atoms with van der Waals surface area (Å²) in [6, 6.07) is 7.15. The Balaban J connectivity index is 2.17. The van der Waals surface area contributed by atoms with E-state index in [-0.39, 0.29) is 5.91 Å². The van der Waals surface area contributed by atoms with E-state index in [1.807, 2.05) is 24.3 Å². The van der Waals surface area contributed by atoms with E-state index in [1.54, 1.807) is 4.90 Å². The Hall–Kier alpha value is -1.55. The van der Waals surface area contributed by atoms with Gasteiger partial charge in [-0.25, -0.2) is 0 Å². The maximum Gasteiger partial charge on any atom is 0.244 e. The Morgan fingerprint density at radius 3 is 2.89 bits per heavy atom. The molecule has 1 heterocycles. The molecule has 1 aromatic carbocycles. The minimum atomic E-state index is -0.434. The van der Waals surface area contributed by atoms with Crippen LogP contribution in [0.5, 0.6) is 5.75 Å². The maximum absolute atomic E-state index is 12.3. The van der Waals surface area contributed by atoms with Gasteiger partial charge in [0.1, 0.15) is 12.4 Å². The largest absolute Gasteiger partial charge is 0.490 e. The van der Waals surface area contributed by atoms with E-state index in [9.17, 15) is 4.79 Å². The molecule has 1 aliphatic heterocycles. The summed E-state index contributed by atoms with van der Waals surface area (Å²) in [7, 11) is 0. The molecule has 0 radical (unpaired) electrons. The minimum Gasteiger partial charge on any atom is -0.490 e. The van der Waals surface area contributed by atoms with Crippen molar-refractivity contribution in [3.8, 4) is 5.75 Å². The van der Waals surface area contributed by atoms with Crippen LogP contribution in [0, 0.1) is 5.92 Å². The highest BCUT2D eigenvalue weighted by Gasteiger charge is 2.27. The molecule has 0 saturated carbocycles. The number of para-hydroxylation sites is 2. The molecular weight excluding hydrogens is 228 g/mol. The molecule has 1 aliphatic rings. The van der Waals surface area contributed by atoms with Crippen LogP contribution in [0.25, 0.3) is 0 Å². The molecule has 18 heavy (non-hydrogen) atoms. The molecule has 0 spiro atoms. The monoisotopic (exact) mass is 248 g/mol. The zero-order valence-corrected chi connectivity index (χ0v) is 10.9. The number of rotatable bonds is 3. The zero-order valence-electron chi connectivity index (χ0n) is 10.9. The molecule has 0 aromatic heterocycles. The van der Waals surface area contributed by atoms with E-state index in [2.05, 4.69) is 13.8 Å². The van der Waals surface area contributed by atoms with Crippen LogP contribution in [0.2, 0.25) is 0 Å². The Kier molecular flexibility index (Phi) is 3.87. The quantitative estimate of drug-likeness (QED) is 0.887. The lowest BCUT2D eigenvalue weighted by Gasteiger charge is -2.31.